The number of nitrogens with zero attached hydrogens (tertiary/aromatic N) is 2. The Morgan fingerprint density at radius 3 is 2.88 bits per heavy atom. The predicted octanol–water partition coefficient (Wildman–Crippen LogP) is 2.30. The summed E-state index contributed by atoms with van der Waals surface area (Å²) < 4.78 is 7.14. The van der Waals surface area contributed by atoms with Gasteiger partial charge in [-0.25, -0.2) is 7.11 Å². The van der Waals surface area contributed by atoms with E-state index < -0.39 is 0 Å². The topological polar surface area (TPSA) is 27.1 Å². The molecule has 0 unspecified atom stereocenters. The SMILES string of the molecule is [CH2-]OCC(C)(C)c1cc2n(n1)CCCC2.[Y]. The predicted molar refractivity (Wildman–Crippen MR) is 59.5 cm³/mol. The van der Waals surface area contributed by atoms with Crippen LogP contribution in [0.1, 0.15) is 38.1 Å². The fraction of sp³-hybridized carbons (Fsp3) is 0.667. The second-order valence-corrected chi connectivity index (χ2v) is 4.93. The van der Waals surface area contributed by atoms with Crippen LogP contribution in [0.25, 0.3) is 0 Å². The molecule has 0 saturated heterocycles. The third kappa shape index (κ3) is 2.93. The van der Waals surface area contributed by atoms with Crippen LogP contribution in [-0.2, 0) is 55.8 Å². The molecule has 0 bridgehead atoms. The van der Waals surface area contributed by atoms with Crippen molar-refractivity contribution in [1.29, 1.82) is 0 Å². The van der Waals surface area contributed by atoms with Gasteiger partial charge in [-0.1, -0.05) is 13.8 Å². The van der Waals surface area contributed by atoms with Crippen LogP contribution in [0.15, 0.2) is 6.07 Å². The van der Waals surface area contributed by atoms with Crippen LogP contribution in [0.3, 0.4) is 0 Å². The summed E-state index contributed by atoms with van der Waals surface area (Å²) in [7, 11) is 3.44. The molecule has 0 aliphatic carbocycles. The van der Waals surface area contributed by atoms with Gasteiger partial charge in [0.25, 0.3) is 0 Å². The van der Waals surface area contributed by atoms with Crippen LogP contribution < -0.4 is 0 Å². The second kappa shape index (κ2) is 5.75. The van der Waals surface area contributed by atoms with Crippen LogP contribution in [0.2, 0.25) is 0 Å². The fourth-order valence-electron chi connectivity index (χ4n) is 2.08. The average molecular weight is 296 g/mol. The van der Waals surface area contributed by atoms with Gasteiger partial charge in [0.1, 0.15) is 0 Å². The molecule has 0 saturated carbocycles. The molecule has 1 aliphatic heterocycles. The summed E-state index contributed by atoms with van der Waals surface area (Å²) >= 11 is 0. The molecule has 1 aliphatic rings. The first-order valence-electron chi connectivity index (χ1n) is 5.58. The first kappa shape index (κ1) is 14.3. The molecule has 3 nitrogen and oxygen atoms in total. The summed E-state index contributed by atoms with van der Waals surface area (Å²) in [6.07, 6.45) is 3.70. The van der Waals surface area contributed by atoms with Crippen molar-refractivity contribution < 1.29 is 37.4 Å². The van der Waals surface area contributed by atoms with Crippen molar-refractivity contribution in [2.75, 3.05) is 6.61 Å². The minimum Gasteiger partial charge on any atom is -0.554 e. The summed E-state index contributed by atoms with van der Waals surface area (Å²) in [5.41, 5.74) is 2.46. The molecule has 1 radical (unpaired) electrons. The largest absolute Gasteiger partial charge is 0.554 e. The molecule has 0 aromatic carbocycles. The standard InChI is InChI=1S/C12H19N2O.Y/c1-12(2,9-15-3)11-8-10-6-4-5-7-14(10)13-11;/h8H,3-7,9H2,1-2H3;/q-1;. The molecule has 1 aromatic heterocycles. The summed E-state index contributed by atoms with van der Waals surface area (Å²) in [5.74, 6) is 0. The van der Waals surface area contributed by atoms with Gasteiger partial charge in [0.2, 0.25) is 0 Å². The van der Waals surface area contributed by atoms with Gasteiger partial charge in [-0.05, 0) is 25.3 Å². The number of rotatable bonds is 3. The number of hydrogen-bond acceptors (Lipinski definition) is 2. The monoisotopic (exact) mass is 296 g/mol. The van der Waals surface area contributed by atoms with Gasteiger partial charge in [-0.3, -0.25) is 4.68 Å². The maximum atomic E-state index is 4.99. The maximum absolute atomic E-state index is 4.99. The number of fused-ring (bicyclic) bond motifs is 1. The summed E-state index contributed by atoms with van der Waals surface area (Å²) in [6, 6.07) is 2.22. The van der Waals surface area contributed by atoms with Gasteiger partial charge in [0, 0.05) is 57.0 Å². The van der Waals surface area contributed by atoms with Gasteiger partial charge in [-0.15, -0.1) is 0 Å². The molecule has 2 rings (SSSR count). The first-order chi connectivity index (χ1) is 7.13. The Morgan fingerprint density at radius 2 is 2.25 bits per heavy atom. The Bertz CT molecular complexity index is 323. The molecule has 4 heteroatoms. The smallest absolute Gasteiger partial charge is 0.0705 e. The zero-order valence-corrected chi connectivity index (χ0v) is 13.0. The number of aromatic nitrogens is 2. The van der Waals surface area contributed by atoms with Gasteiger partial charge in [0.05, 0.1) is 5.69 Å². The minimum atomic E-state index is -0.0356. The van der Waals surface area contributed by atoms with Crippen molar-refractivity contribution in [3.63, 3.8) is 0 Å². The minimum absolute atomic E-state index is 0. The zero-order chi connectivity index (χ0) is 10.9. The van der Waals surface area contributed by atoms with E-state index in [0.29, 0.717) is 6.61 Å². The third-order valence-electron chi connectivity index (χ3n) is 3.07. The Labute approximate surface area is 123 Å². The van der Waals surface area contributed by atoms with Crippen LogP contribution in [0.4, 0.5) is 0 Å². The van der Waals surface area contributed by atoms with Gasteiger partial charge in [0.15, 0.2) is 0 Å². The number of hydrogen-bond donors (Lipinski definition) is 0. The van der Waals surface area contributed by atoms with E-state index in [4.69, 9.17) is 4.74 Å². The third-order valence-corrected chi connectivity index (χ3v) is 3.07. The second-order valence-electron chi connectivity index (χ2n) is 4.93. The molecule has 0 fully saturated rings. The Morgan fingerprint density at radius 1 is 1.50 bits per heavy atom. The average Bonchev–Trinajstić information content (AvgIpc) is 2.61. The quantitative estimate of drug-likeness (QED) is 0.800. The summed E-state index contributed by atoms with van der Waals surface area (Å²) in [5, 5.41) is 4.65. The molecule has 2 heterocycles. The molecule has 0 N–H and O–H groups in total. The van der Waals surface area contributed by atoms with E-state index in [1.54, 1.807) is 0 Å². The molecule has 1 aromatic rings. The van der Waals surface area contributed by atoms with E-state index >= 15 is 0 Å². The molecule has 16 heavy (non-hydrogen) atoms. The van der Waals surface area contributed by atoms with Crippen molar-refractivity contribution >= 4 is 0 Å². The van der Waals surface area contributed by atoms with E-state index in [2.05, 4.69) is 36.8 Å². The molecule has 0 amide bonds. The van der Waals surface area contributed by atoms with Crippen LogP contribution in [-0.4, -0.2) is 16.4 Å². The van der Waals surface area contributed by atoms with Gasteiger partial charge >= 0.3 is 0 Å². The molecule has 0 spiro atoms. The van der Waals surface area contributed by atoms with Crippen LogP contribution in [0.5, 0.6) is 0 Å². The van der Waals surface area contributed by atoms with E-state index in [1.165, 1.54) is 18.5 Å². The summed E-state index contributed by atoms with van der Waals surface area (Å²) in [4.78, 5) is 0. The molecule has 0 atom stereocenters. The molecule has 87 valence electrons. The van der Waals surface area contributed by atoms with Crippen LogP contribution in [0, 0.1) is 7.11 Å². The van der Waals surface area contributed by atoms with Crippen molar-refractivity contribution in [2.45, 2.75) is 45.1 Å². The van der Waals surface area contributed by atoms with E-state index in [9.17, 15) is 0 Å². The Hall–Kier alpha value is 0.274. The van der Waals surface area contributed by atoms with Crippen LogP contribution >= 0.6 is 0 Å². The van der Waals surface area contributed by atoms with Crippen molar-refractivity contribution in [3.05, 3.63) is 24.6 Å². The van der Waals surface area contributed by atoms with Crippen molar-refractivity contribution in [1.82, 2.24) is 9.78 Å². The maximum Gasteiger partial charge on any atom is 0.0705 e. The summed E-state index contributed by atoms with van der Waals surface area (Å²) in [6.45, 7) is 5.97. The Kier molecular flexibility index (Phi) is 5.15. The van der Waals surface area contributed by atoms with Gasteiger partial charge < -0.3 is 4.74 Å². The van der Waals surface area contributed by atoms with E-state index in [-0.39, 0.29) is 38.1 Å². The van der Waals surface area contributed by atoms with Crippen molar-refractivity contribution in [2.24, 2.45) is 0 Å². The van der Waals surface area contributed by atoms with E-state index in [0.717, 1.165) is 18.7 Å². The van der Waals surface area contributed by atoms with E-state index in [1.807, 2.05) is 0 Å². The Balaban J connectivity index is 0.00000128. The zero-order valence-electron chi connectivity index (χ0n) is 10.2. The first-order valence-corrected chi connectivity index (χ1v) is 5.58. The molecular formula is C12H19N2OY-. The number of ether oxygens (including phenoxy) is 1. The fourth-order valence-corrected chi connectivity index (χ4v) is 2.08. The normalized spacial score (nSPS) is 15.4. The number of aryl methyl sites for hydroxylation is 2. The van der Waals surface area contributed by atoms with Crippen molar-refractivity contribution in [3.8, 4) is 0 Å². The molecular weight excluding hydrogens is 277 g/mol. The van der Waals surface area contributed by atoms with Gasteiger partial charge in [-0.2, -0.15) is 5.10 Å².